The molecule has 0 saturated heterocycles. The third-order valence-electron chi connectivity index (χ3n) is 3.64. The second-order valence-electron chi connectivity index (χ2n) is 5.01. The van der Waals surface area contributed by atoms with Gasteiger partial charge in [-0.2, -0.15) is 0 Å². The molecule has 0 unspecified atom stereocenters. The number of halogens is 1. The van der Waals surface area contributed by atoms with Gasteiger partial charge in [0.15, 0.2) is 5.82 Å². The molecular weight excluding hydrogens is 379 g/mol. The Morgan fingerprint density at radius 2 is 2.10 bits per heavy atom. The molecule has 0 radical (unpaired) electrons. The first kappa shape index (κ1) is 12.8. The van der Waals surface area contributed by atoms with E-state index in [2.05, 4.69) is 42.5 Å². The second kappa shape index (κ2) is 4.80. The van der Waals surface area contributed by atoms with E-state index in [4.69, 9.17) is 0 Å². The van der Waals surface area contributed by atoms with Crippen molar-refractivity contribution in [1.82, 2.24) is 9.61 Å². The van der Waals surface area contributed by atoms with E-state index < -0.39 is 0 Å². The van der Waals surface area contributed by atoms with Gasteiger partial charge < -0.3 is 13.5 Å². The van der Waals surface area contributed by atoms with Crippen LogP contribution in [0.3, 0.4) is 0 Å². The van der Waals surface area contributed by atoms with Gasteiger partial charge in [-0.05, 0) is 18.2 Å². The molecule has 0 spiro atoms. The summed E-state index contributed by atoms with van der Waals surface area (Å²) in [7, 11) is 0. The number of hydrogen-bond acceptors (Lipinski definition) is 4. The number of nitrogens with zero attached hydrogens (tertiary/aromatic N) is 3. The number of anilines is 2. The number of fused-ring (bicyclic) bond motifs is 2. The average molecular weight is 392 g/mol. The van der Waals surface area contributed by atoms with Crippen molar-refractivity contribution in [2.45, 2.75) is 0 Å². The third kappa shape index (κ3) is 2.10. The van der Waals surface area contributed by atoms with Crippen LogP contribution in [0, 0.1) is 0 Å². The van der Waals surface area contributed by atoms with Crippen molar-refractivity contribution in [3.63, 3.8) is 0 Å². The van der Waals surface area contributed by atoms with Gasteiger partial charge in [-0.25, -0.2) is 4.52 Å². The highest BCUT2D eigenvalue weighted by Gasteiger charge is 2.17. The van der Waals surface area contributed by atoms with E-state index in [0.717, 1.165) is 41.2 Å². The lowest BCUT2D eigenvalue weighted by atomic mass is 10.1. The Hall–Kier alpha value is -1.96. The Morgan fingerprint density at radius 3 is 2.95 bits per heavy atom. The maximum absolute atomic E-state index is 9.99. The van der Waals surface area contributed by atoms with Crippen LogP contribution < -0.4 is 8.43 Å². The van der Waals surface area contributed by atoms with Gasteiger partial charge in [0.05, 0.1) is 34.1 Å². The van der Waals surface area contributed by atoms with Gasteiger partial charge in [0.25, 0.3) is 0 Å². The molecule has 0 saturated carbocycles. The molecule has 1 aliphatic rings. The minimum absolute atomic E-state index is 0.284. The fourth-order valence-electron chi connectivity index (χ4n) is 2.60. The molecule has 5 nitrogen and oxygen atoms in total. The van der Waals surface area contributed by atoms with Gasteiger partial charge in [0.2, 0.25) is 0 Å². The van der Waals surface area contributed by atoms with Crippen molar-refractivity contribution in [2.75, 3.05) is 21.5 Å². The number of aromatic nitrogens is 2. The molecule has 6 heteroatoms. The first-order valence-electron chi connectivity index (χ1n) is 6.71. The molecule has 2 aromatic heterocycles. The molecule has 4 rings (SSSR count). The van der Waals surface area contributed by atoms with Crippen molar-refractivity contribution in [2.24, 2.45) is 0 Å². The minimum atomic E-state index is 0.284. The fraction of sp³-hybridized carbons (Fsp3) is 0.133. The van der Waals surface area contributed by atoms with Gasteiger partial charge in [-0.3, -0.25) is 0 Å². The summed E-state index contributed by atoms with van der Waals surface area (Å²) in [5.74, 6) is 1.18. The molecule has 0 bridgehead atoms. The van der Waals surface area contributed by atoms with Crippen LogP contribution in [0.5, 0.6) is 5.75 Å². The van der Waals surface area contributed by atoms with E-state index in [-0.39, 0.29) is 5.75 Å². The molecule has 0 atom stereocenters. The maximum atomic E-state index is 9.99. The topological polar surface area (TPSA) is 52.8 Å². The zero-order chi connectivity index (χ0) is 14.4. The van der Waals surface area contributed by atoms with E-state index in [9.17, 15) is 5.11 Å². The Bertz CT molecular complexity index is 830. The molecular formula is C15H13IN4O. The van der Waals surface area contributed by atoms with Crippen LogP contribution in [0.1, 0.15) is 0 Å². The summed E-state index contributed by atoms with van der Waals surface area (Å²) in [5.41, 5.74) is 3.89. The fourth-order valence-corrected chi connectivity index (χ4v) is 3.21. The summed E-state index contributed by atoms with van der Waals surface area (Å²) in [4.78, 5) is 0. The molecule has 3 aromatic rings. The van der Waals surface area contributed by atoms with Gasteiger partial charge in [-0.15, -0.1) is 5.10 Å². The smallest absolute Gasteiger partial charge is 0.171 e. The molecule has 0 aliphatic carbocycles. The summed E-state index contributed by atoms with van der Waals surface area (Å²) < 4.78 is 4.02. The molecule has 3 heterocycles. The molecule has 0 amide bonds. The summed E-state index contributed by atoms with van der Waals surface area (Å²) in [6.45, 7) is 1.85. The van der Waals surface area contributed by atoms with Gasteiger partial charge in [0, 0.05) is 30.4 Å². The number of phenolic OH excluding ortho intramolecular Hbond substituents is 1. The normalized spacial score (nSPS) is 14.0. The zero-order valence-corrected chi connectivity index (χ0v) is 13.3. The molecule has 0 fully saturated rings. The lowest BCUT2D eigenvalue weighted by Crippen LogP contribution is -2.27. The average Bonchev–Trinajstić information content (AvgIpc) is 2.89. The SMILES string of the molecule is Oc1ccccc1-c1cc2cc3c(nn2c1)NCCN3I. The Morgan fingerprint density at radius 1 is 1.24 bits per heavy atom. The number of hydrogen-bond donors (Lipinski definition) is 2. The number of nitrogens with one attached hydrogen (secondary N) is 1. The Balaban J connectivity index is 1.89. The Kier molecular flexibility index (Phi) is 2.91. The van der Waals surface area contributed by atoms with Gasteiger partial charge >= 0.3 is 0 Å². The van der Waals surface area contributed by atoms with Crippen molar-refractivity contribution < 1.29 is 5.11 Å². The van der Waals surface area contributed by atoms with E-state index >= 15 is 0 Å². The van der Waals surface area contributed by atoms with Crippen molar-refractivity contribution in [1.29, 1.82) is 0 Å². The summed E-state index contributed by atoms with van der Waals surface area (Å²) >= 11 is 2.31. The van der Waals surface area contributed by atoms with Crippen molar-refractivity contribution in [3.8, 4) is 16.9 Å². The highest BCUT2D eigenvalue weighted by atomic mass is 127. The van der Waals surface area contributed by atoms with Crippen LogP contribution in [0.4, 0.5) is 11.5 Å². The second-order valence-corrected chi connectivity index (χ2v) is 6.17. The first-order chi connectivity index (χ1) is 10.2. The summed E-state index contributed by atoms with van der Waals surface area (Å²) in [5, 5.41) is 17.9. The van der Waals surface area contributed by atoms with Crippen LogP contribution in [-0.4, -0.2) is 27.8 Å². The summed E-state index contributed by atoms with van der Waals surface area (Å²) in [6, 6.07) is 11.5. The van der Waals surface area contributed by atoms with Crippen LogP contribution in [0.25, 0.3) is 16.6 Å². The largest absolute Gasteiger partial charge is 0.507 e. The van der Waals surface area contributed by atoms with E-state index in [1.165, 1.54) is 0 Å². The van der Waals surface area contributed by atoms with E-state index in [0.29, 0.717) is 0 Å². The summed E-state index contributed by atoms with van der Waals surface area (Å²) in [6.07, 6.45) is 1.94. The lowest BCUT2D eigenvalue weighted by Gasteiger charge is -2.25. The molecule has 1 aliphatic heterocycles. The third-order valence-corrected chi connectivity index (χ3v) is 4.64. The predicted molar refractivity (Wildman–Crippen MR) is 92.1 cm³/mol. The number of aromatic hydroxyl groups is 1. The van der Waals surface area contributed by atoms with Crippen LogP contribution in [-0.2, 0) is 0 Å². The monoisotopic (exact) mass is 392 g/mol. The van der Waals surface area contributed by atoms with Gasteiger partial charge in [0.1, 0.15) is 5.75 Å². The molecule has 1 aromatic carbocycles. The molecule has 2 N–H and O–H groups in total. The highest BCUT2D eigenvalue weighted by Crippen LogP contribution is 2.34. The van der Waals surface area contributed by atoms with Crippen LogP contribution in [0.15, 0.2) is 42.6 Å². The van der Waals surface area contributed by atoms with Crippen LogP contribution >= 0.6 is 22.9 Å². The van der Waals surface area contributed by atoms with Crippen LogP contribution in [0.2, 0.25) is 0 Å². The zero-order valence-electron chi connectivity index (χ0n) is 11.1. The molecule has 106 valence electrons. The van der Waals surface area contributed by atoms with Crippen molar-refractivity contribution >= 4 is 39.9 Å². The van der Waals surface area contributed by atoms with Gasteiger partial charge in [-0.1, -0.05) is 18.2 Å². The maximum Gasteiger partial charge on any atom is 0.171 e. The number of rotatable bonds is 1. The number of benzene rings is 1. The number of para-hydroxylation sites is 1. The molecule has 21 heavy (non-hydrogen) atoms. The Labute approximate surface area is 135 Å². The van der Waals surface area contributed by atoms with Crippen molar-refractivity contribution in [3.05, 3.63) is 42.6 Å². The van der Waals surface area contributed by atoms with E-state index in [1.54, 1.807) is 6.07 Å². The highest BCUT2D eigenvalue weighted by molar-refractivity contribution is 14.1. The quantitative estimate of drug-likeness (QED) is 0.493. The number of phenols is 1. The minimum Gasteiger partial charge on any atom is -0.507 e. The predicted octanol–water partition coefficient (Wildman–Crippen LogP) is 3.29. The first-order valence-corrected chi connectivity index (χ1v) is 7.68. The lowest BCUT2D eigenvalue weighted by molar-refractivity contribution is 0.477. The van der Waals surface area contributed by atoms with E-state index in [1.807, 2.05) is 35.0 Å². The standard InChI is InChI=1S/C15H13IN4O/c16-19-6-5-17-15-13(19)8-11-7-10(9-20(11)18-15)12-3-1-2-4-14(12)21/h1-4,7-9,21H,5-6H2,(H,17,18).